The Bertz CT molecular complexity index is 1840. The van der Waals surface area contributed by atoms with Crippen molar-refractivity contribution in [3.63, 3.8) is 0 Å². The second kappa shape index (κ2) is 69.5. The van der Waals surface area contributed by atoms with E-state index in [1.165, 1.54) is 96.3 Å². The van der Waals surface area contributed by atoms with Gasteiger partial charge >= 0.3 is 17.9 Å². The first-order valence-corrected chi connectivity index (χ1v) is 34.0. The summed E-state index contributed by atoms with van der Waals surface area (Å²) in [6.45, 7) is 6.36. The van der Waals surface area contributed by atoms with Gasteiger partial charge < -0.3 is 14.2 Å². The summed E-state index contributed by atoms with van der Waals surface area (Å²) in [5.41, 5.74) is 0. The van der Waals surface area contributed by atoms with Crippen LogP contribution in [0.15, 0.2) is 158 Å². The molecule has 6 heteroatoms. The molecule has 0 saturated carbocycles. The van der Waals surface area contributed by atoms with Crippen LogP contribution in [0.5, 0.6) is 0 Å². The predicted octanol–water partition coefficient (Wildman–Crippen LogP) is 23.7. The summed E-state index contributed by atoms with van der Waals surface area (Å²) in [6.07, 6.45) is 101. The maximum atomic E-state index is 12.9. The van der Waals surface area contributed by atoms with Gasteiger partial charge in [0.1, 0.15) is 13.2 Å². The Kier molecular flexibility index (Phi) is 65.4. The van der Waals surface area contributed by atoms with Crippen molar-refractivity contribution in [3.8, 4) is 0 Å². The molecule has 0 aliphatic heterocycles. The van der Waals surface area contributed by atoms with Gasteiger partial charge in [-0.3, -0.25) is 14.4 Å². The molecule has 0 N–H and O–H groups in total. The van der Waals surface area contributed by atoms with E-state index in [1.807, 2.05) is 0 Å². The molecule has 6 nitrogen and oxygen atoms in total. The van der Waals surface area contributed by atoms with Crippen LogP contribution in [0.4, 0.5) is 0 Å². The summed E-state index contributed by atoms with van der Waals surface area (Å²) in [5.74, 6) is -0.973. The maximum Gasteiger partial charge on any atom is 0.306 e. The molecule has 0 amide bonds. The van der Waals surface area contributed by atoms with E-state index in [9.17, 15) is 14.4 Å². The summed E-state index contributed by atoms with van der Waals surface area (Å²) >= 11 is 0. The van der Waals surface area contributed by atoms with E-state index in [-0.39, 0.29) is 37.5 Å². The molecule has 0 bridgehead atoms. The van der Waals surface area contributed by atoms with E-state index in [0.29, 0.717) is 19.3 Å². The molecule has 0 fully saturated rings. The Morgan fingerprint density at radius 1 is 0.253 bits per heavy atom. The molecule has 0 saturated heterocycles. The molecule has 468 valence electrons. The first-order valence-electron chi connectivity index (χ1n) is 34.0. The van der Waals surface area contributed by atoms with E-state index in [2.05, 4.69) is 179 Å². The van der Waals surface area contributed by atoms with E-state index >= 15 is 0 Å². The Morgan fingerprint density at radius 3 is 0.759 bits per heavy atom. The molecule has 0 aromatic heterocycles. The summed E-state index contributed by atoms with van der Waals surface area (Å²) in [4.78, 5) is 38.5. The molecule has 1 atom stereocenters. The van der Waals surface area contributed by atoms with Crippen LogP contribution in [0.1, 0.15) is 290 Å². The largest absolute Gasteiger partial charge is 0.462 e. The standard InChI is InChI=1S/C77H124O6/c1-4-7-10-13-16-19-22-25-28-31-34-37-38-41-43-46-49-52-55-58-61-64-67-70-76(79)82-73-74(83-77(80)71-68-65-62-59-56-53-50-47-44-40-36-33-30-27-24-21-18-15-12-9-6-3)72-81-75(78)69-66-63-60-57-54-51-48-45-42-39-35-32-29-26-23-20-17-14-11-8-5-2/h8-9,11-12,17-18,20-22,25-27,29-31,34-36,39-40,45,47-48,50,56,59,74H,4-7,10,13-16,19,23-24,28,32-33,37-38,41-44,46,49,51-55,57-58,60-73H2,1-3H3/b11-8-,12-9-,20-17-,21-18-,25-22-,29-26-,30-27-,34-31-,39-35-,40-36-,48-45-,50-47-,59-56-. The summed E-state index contributed by atoms with van der Waals surface area (Å²) in [6, 6.07) is 0. The van der Waals surface area contributed by atoms with Crippen molar-refractivity contribution in [2.45, 2.75) is 297 Å². The Morgan fingerprint density at radius 2 is 0.470 bits per heavy atom. The van der Waals surface area contributed by atoms with Gasteiger partial charge in [-0.2, -0.15) is 0 Å². The normalized spacial score (nSPS) is 13.1. The number of allylic oxidation sites excluding steroid dienone is 26. The van der Waals surface area contributed by atoms with Crippen molar-refractivity contribution in [1.29, 1.82) is 0 Å². The van der Waals surface area contributed by atoms with Crippen LogP contribution in [-0.4, -0.2) is 37.2 Å². The second-order valence-electron chi connectivity index (χ2n) is 22.0. The first-order chi connectivity index (χ1) is 41.0. The molecule has 0 aromatic rings. The number of hydrogen-bond donors (Lipinski definition) is 0. The lowest BCUT2D eigenvalue weighted by Crippen LogP contribution is -2.30. The van der Waals surface area contributed by atoms with E-state index in [1.54, 1.807) is 0 Å². The lowest BCUT2D eigenvalue weighted by atomic mass is 10.0. The predicted molar refractivity (Wildman–Crippen MR) is 362 cm³/mol. The second-order valence-corrected chi connectivity index (χ2v) is 22.0. The lowest BCUT2D eigenvalue weighted by Gasteiger charge is -2.18. The van der Waals surface area contributed by atoms with Crippen LogP contribution in [0, 0.1) is 0 Å². The van der Waals surface area contributed by atoms with E-state index < -0.39 is 6.10 Å². The number of unbranched alkanes of at least 4 members (excludes halogenated alkanes) is 23. The Hall–Kier alpha value is -4.97. The molecule has 1 unspecified atom stereocenters. The fourth-order valence-corrected chi connectivity index (χ4v) is 8.97. The fraction of sp³-hybridized carbons (Fsp3) is 0.623. The summed E-state index contributed by atoms with van der Waals surface area (Å²) < 4.78 is 16.9. The number of rotatable bonds is 60. The van der Waals surface area contributed by atoms with Gasteiger partial charge in [0.05, 0.1) is 0 Å². The zero-order valence-electron chi connectivity index (χ0n) is 53.7. The van der Waals surface area contributed by atoms with Crippen LogP contribution in [0.3, 0.4) is 0 Å². The van der Waals surface area contributed by atoms with Crippen LogP contribution < -0.4 is 0 Å². The topological polar surface area (TPSA) is 78.9 Å². The molecule has 0 aromatic carbocycles. The van der Waals surface area contributed by atoms with Gasteiger partial charge in [0.15, 0.2) is 6.10 Å². The number of esters is 3. The third-order valence-corrected chi connectivity index (χ3v) is 14.0. The molecule has 83 heavy (non-hydrogen) atoms. The fourth-order valence-electron chi connectivity index (χ4n) is 8.97. The monoisotopic (exact) mass is 1140 g/mol. The zero-order chi connectivity index (χ0) is 59.9. The maximum absolute atomic E-state index is 12.9. The summed E-state index contributed by atoms with van der Waals surface area (Å²) in [5, 5.41) is 0. The van der Waals surface area contributed by atoms with Crippen molar-refractivity contribution in [2.24, 2.45) is 0 Å². The molecule has 0 rings (SSSR count). The van der Waals surface area contributed by atoms with Crippen LogP contribution >= 0.6 is 0 Å². The number of carbonyl (C=O) groups excluding carboxylic acids is 3. The van der Waals surface area contributed by atoms with E-state index in [0.717, 1.165) is 148 Å². The molecule has 0 radical (unpaired) electrons. The smallest absolute Gasteiger partial charge is 0.306 e. The number of carbonyl (C=O) groups is 3. The van der Waals surface area contributed by atoms with Gasteiger partial charge in [-0.1, -0.05) is 281 Å². The Balaban J connectivity index is 4.52. The van der Waals surface area contributed by atoms with Gasteiger partial charge in [0, 0.05) is 19.3 Å². The van der Waals surface area contributed by atoms with Crippen LogP contribution in [-0.2, 0) is 28.6 Å². The molecule has 0 aliphatic carbocycles. The highest BCUT2D eigenvalue weighted by molar-refractivity contribution is 5.71. The minimum Gasteiger partial charge on any atom is -0.462 e. The SMILES string of the molecule is CC/C=C\C/C=C\C/C=C\C/C=C\C/C=C\C/C=C\CCCCC(=O)OC(COC(=O)CCCCCCC/C=C\C/C=C\C/C=C\C/C=C\C/C=C\CC)COC(=O)CCCCCCCCCCCCC/C=C\C/C=C\CCCCCCC. The zero-order valence-corrected chi connectivity index (χ0v) is 53.7. The molecular formula is C77H124O6. The average molecular weight is 1150 g/mol. The van der Waals surface area contributed by atoms with Crippen molar-refractivity contribution < 1.29 is 28.6 Å². The molecule has 0 heterocycles. The Labute approximate surface area is 511 Å². The highest BCUT2D eigenvalue weighted by Crippen LogP contribution is 2.15. The van der Waals surface area contributed by atoms with Gasteiger partial charge in [0.25, 0.3) is 0 Å². The lowest BCUT2D eigenvalue weighted by molar-refractivity contribution is -0.167. The van der Waals surface area contributed by atoms with E-state index in [4.69, 9.17) is 14.2 Å². The number of hydrogen-bond acceptors (Lipinski definition) is 6. The van der Waals surface area contributed by atoms with Crippen molar-refractivity contribution >= 4 is 17.9 Å². The van der Waals surface area contributed by atoms with Gasteiger partial charge in [-0.25, -0.2) is 0 Å². The van der Waals surface area contributed by atoms with Gasteiger partial charge in [-0.15, -0.1) is 0 Å². The van der Waals surface area contributed by atoms with Crippen LogP contribution in [0.25, 0.3) is 0 Å². The van der Waals surface area contributed by atoms with Crippen LogP contribution in [0.2, 0.25) is 0 Å². The first kappa shape index (κ1) is 78.0. The molecular weight excluding hydrogens is 1020 g/mol. The van der Waals surface area contributed by atoms with Gasteiger partial charge in [-0.05, 0) is 148 Å². The minimum atomic E-state index is -0.821. The number of ether oxygens (including phenoxy) is 3. The third kappa shape index (κ3) is 67.7. The van der Waals surface area contributed by atoms with Crippen molar-refractivity contribution in [2.75, 3.05) is 13.2 Å². The molecule has 0 aliphatic rings. The highest BCUT2D eigenvalue weighted by atomic mass is 16.6. The van der Waals surface area contributed by atoms with Crippen molar-refractivity contribution in [1.82, 2.24) is 0 Å². The average Bonchev–Trinajstić information content (AvgIpc) is 3.49. The minimum absolute atomic E-state index is 0.109. The van der Waals surface area contributed by atoms with Crippen molar-refractivity contribution in [3.05, 3.63) is 158 Å². The molecule has 0 spiro atoms. The summed E-state index contributed by atoms with van der Waals surface area (Å²) in [7, 11) is 0. The third-order valence-electron chi connectivity index (χ3n) is 14.0. The highest BCUT2D eigenvalue weighted by Gasteiger charge is 2.19. The quantitative estimate of drug-likeness (QED) is 0.0261. The van der Waals surface area contributed by atoms with Gasteiger partial charge in [0.2, 0.25) is 0 Å².